The first-order valence-electron chi connectivity index (χ1n) is 6.45. The van der Waals surface area contributed by atoms with Crippen molar-refractivity contribution in [3.8, 4) is 11.6 Å². The summed E-state index contributed by atoms with van der Waals surface area (Å²) >= 11 is 0. The highest BCUT2D eigenvalue weighted by Crippen LogP contribution is 2.28. The van der Waals surface area contributed by atoms with Crippen LogP contribution in [-0.4, -0.2) is 9.97 Å². The van der Waals surface area contributed by atoms with Gasteiger partial charge in [-0.05, 0) is 31.4 Å². The Hall–Kier alpha value is -2.10. The van der Waals surface area contributed by atoms with Gasteiger partial charge in [-0.15, -0.1) is 0 Å². The summed E-state index contributed by atoms with van der Waals surface area (Å²) in [7, 11) is 0. The number of hydrogen-bond donors (Lipinski definition) is 1. The van der Waals surface area contributed by atoms with E-state index in [1.54, 1.807) is 0 Å². The Morgan fingerprint density at radius 2 is 1.89 bits per heavy atom. The van der Waals surface area contributed by atoms with Gasteiger partial charge in [0.1, 0.15) is 12.1 Å². The summed E-state index contributed by atoms with van der Waals surface area (Å²) < 4.78 is 5.80. The Kier molecular flexibility index (Phi) is 4.00. The highest BCUT2D eigenvalue weighted by atomic mass is 16.5. The molecule has 19 heavy (non-hydrogen) atoms. The summed E-state index contributed by atoms with van der Waals surface area (Å²) in [6, 6.07) is 5.73. The molecule has 2 aromatic rings. The number of rotatable bonds is 4. The van der Waals surface area contributed by atoms with Gasteiger partial charge in [0.15, 0.2) is 0 Å². The molecule has 1 heterocycles. The second-order valence-electron chi connectivity index (χ2n) is 4.67. The molecule has 100 valence electrons. The van der Waals surface area contributed by atoms with Gasteiger partial charge in [0.05, 0.1) is 0 Å². The number of nitrogens with two attached hydrogens (primary N) is 1. The molecule has 0 atom stereocenters. The number of nitrogens with zero attached hydrogens (tertiary/aromatic N) is 2. The Bertz CT molecular complexity index is 582. The summed E-state index contributed by atoms with van der Waals surface area (Å²) in [6.45, 7) is 6.10. The predicted octanol–water partition coefficient (Wildman–Crippen LogP) is 3.42. The molecule has 2 rings (SSSR count). The molecule has 1 aromatic carbocycles. The molecule has 0 unspecified atom stereocenters. The molecular weight excluding hydrogens is 238 g/mol. The molecule has 0 amide bonds. The quantitative estimate of drug-likeness (QED) is 0.852. The number of anilines is 1. The van der Waals surface area contributed by atoms with E-state index in [2.05, 4.69) is 16.9 Å². The van der Waals surface area contributed by atoms with Crippen LogP contribution in [0.5, 0.6) is 11.6 Å². The zero-order valence-electron chi connectivity index (χ0n) is 11.6. The van der Waals surface area contributed by atoms with E-state index in [4.69, 9.17) is 10.5 Å². The largest absolute Gasteiger partial charge is 0.439 e. The standard InChI is InChI=1S/C15H19N3O/c1-4-5-12-7-15(18-9-17-12)19-14-8-13(16)10(2)6-11(14)3/h6-9H,4-5,16H2,1-3H3. The number of ether oxygens (including phenoxy) is 1. The molecule has 4 heteroatoms. The lowest BCUT2D eigenvalue weighted by Crippen LogP contribution is -1.97. The molecule has 0 aliphatic carbocycles. The summed E-state index contributed by atoms with van der Waals surface area (Å²) in [5, 5.41) is 0. The molecule has 1 aromatic heterocycles. The van der Waals surface area contributed by atoms with E-state index in [-0.39, 0.29) is 0 Å². The van der Waals surface area contributed by atoms with Crippen LogP contribution in [0.15, 0.2) is 24.5 Å². The minimum atomic E-state index is 0.560. The fraction of sp³-hybridized carbons (Fsp3) is 0.333. The first kappa shape index (κ1) is 13.3. The van der Waals surface area contributed by atoms with E-state index in [1.165, 1.54) is 6.33 Å². The lowest BCUT2D eigenvalue weighted by atomic mass is 10.1. The van der Waals surface area contributed by atoms with Gasteiger partial charge in [0.25, 0.3) is 0 Å². The molecule has 0 aliphatic heterocycles. The maximum Gasteiger partial charge on any atom is 0.222 e. The van der Waals surface area contributed by atoms with Crippen LogP contribution >= 0.6 is 0 Å². The predicted molar refractivity (Wildman–Crippen MR) is 76.4 cm³/mol. The first-order valence-corrected chi connectivity index (χ1v) is 6.45. The molecule has 0 saturated carbocycles. The van der Waals surface area contributed by atoms with E-state index < -0.39 is 0 Å². The van der Waals surface area contributed by atoms with Gasteiger partial charge >= 0.3 is 0 Å². The van der Waals surface area contributed by atoms with Crippen molar-refractivity contribution in [3.05, 3.63) is 41.3 Å². The second kappa shape index (κ2) is 5.69. The Balaban J connectivity index is 2.25. The molecule has 0 bridgehead atoms. The molecule has 4 nitrogen and oxygen atoms in total. The summed E-state index contributed by atoms with van der Waals surface area (Å²) in [5.41, 5.74) is 9.72. The highest BCUT2D eigenvalue weighted by molar-refractivity contribution is 5.54. The van der Waals surface area contributed by atoms with E-state index in [0.717, 1.165) is 41.1 Å². The van der Waals surface area contributed by atoms with Crippen LogP contribution in [0.25, 0.3) is 0 Å². The molecular formula is C15H19N3O. The van der Waals surface area contributed by atoms with Crippen molar-refractivity contribution in [2.24, 2.45) is 0 Å². The average Bonchev–Trinajstić information content (AvgIpc) is 2.37. The number of aromatic nitrogens is 2. The molecule has 2 N–H and O–H groups in total. The summed E-state index contributed by atoms with van der Waals surface area (Å²) in [4.78, 5) is 8.35. The summed E-state index contributed by atoms with van der Waals surface area (Å²) in [6.07, 6.45) is 3.51. The SMILES string of the molecule is CCCc1cc(Oc2cc(N)c(C)cc2C)ncn1. The van der Waals surface area contributed by atoms with Gasteiger partial charge in [0.2, 0.25) is 5.88 Å². The van der Waals surface area contributed by atoms with Crippen molar-refractivity contribution >= 4 is 5.69 Å². The maximum atomic E-state index is 5.91. The minimum absolute atomic E-state index is 0.560. The van der Waals surface area contributed by atoms with Crippen molar-refractivity contribution < 1.29 is 4.74 Å². The third-order valence-corrected chi connectivity index (χ3v) is 2.98. The highest BCUT2D eigenvalue weighted by Gasteiger charge is 2.06. The third-order valence-electron chi connectivity index (χ3n) is 2.98. The number of nitrogen functional groups attached to an aromatic ring is 1. The average molecular weight is 257 g/mol. The van der Waals surface area contributed by atoms with Gasteiger partial charge in [-0.25, -0.2) is 9.97 Å². The van der Waals surface area contributed by atoms with Crippen molar-refractivity contribution in [1.29, 1.82) is 0 Å². The molecule has 0 radical (unpaired) electrons. The zero-order chi connectivity index (χ0) is 13.8. The van der Waals surface area contributed by atoms with Crippen LogP contribution in [0.3, 0.4) is 0 Å². The monoisotopic (exact) mass is 257 g/mol. The van der Waals surface area contributed by atoms with Crippen LogP contribution in [0.2, 0.25) is 0 Å². The van der Waals surface area contributed by atoms with E-state index in [0.29, 0.717) is 5.88 Å². The number of hydrogen-bond acceptors (Lipinski definition) is 4. The van der Waals surface area contributed by atoms with Crippen molar-refractivity contribution in [3.63, 3.8) is 0 Å². The van der Waals surface area contributed by atoms with Crippen molar-refractivity contribution in [1.82, 2.24) is 9.97 Å². The van der Waals surface area contributed by atoms with Crippen molar-refractivity contribution in [2.75, 3.05) is 5.73 Å². The van der Waals surface area contributed by atoms with Crippen LogP contribution < -0.4 is 10.5 Å². The van der Waals surface area contributed by atoms with Crippen LogP contribution in [-0.2, 0) is 6.42 Å². The fourth-order valence-electron chi connectivity index (χ4n) is 1.90. The van der Waals surface area contributed by atoms with Crippen LogP contribution in [0.4, 0.5) is 5.69 Å². The Morgan fingerprint density at radius 1 is 1.11 bits per heavy atom. The minimum Gasteiger partial charge on any atom is -0.439 e. The lowest BCUT2D eigenvalue weighted by molar-refractivity contribution is 0.457. The number of aryl methyl sites for hydroxylation is 3. The second-order valence-corrected chi connectivity index (χ2v) is 4.67. The number of benzene rings is 1. The Morgan fingerprint density at radius 3 is 2.63 bits per heavy atom. The normalized spacial score (nSPS) is 10.5. The van der Waals surface area contributed by atoms with Gasteiger partial charge in [0, 0.05) is 23.5 Å². The summed E-state index contributed by atoms with van der Waals surface area (Å²) in [5.74, 6) is 1.30. The zero-order valence-corrected chi connectivity index (χ0v) is 11.6. The van der Waals surface area contributed by atoms with Gasteiger partial charge in [-0.2, -0.15) is 0 Å². The smallest absolute Gasteiger partial charge is 0.222 e. The third kappa shape index (κ3) is 3.22. The van der Waals surface area contributed by atoms with Crippen LogP contribution in [0.1, 0.15) is 30.2 Å². The van der Waals surface area contributed by atoms with E-state index in [9.17, 15) is 0 Å². The molecule has 0 spiro atoms. The van der Waals surface area contributed by atoms with E-state index in [1.807, 2.05) is 32.0 Å². The topological polar surface area (TPSA) is 61.0 Å². The van der Waals surface area contributed by atoms with Gasteiger partial charge < -0.3 is 10.5 Å². The van der Waals surface area contributed by atoms with Crippen LogP contribution in [0, 0.1) is 13.8 Å². The maximum absolute atomic E-state index is 5.91. The first-order chi connectivity index (χ1) is 9.10. The van der Waals surface area contributed by atoms with Gasteiger partial charge in [-0.3, -0.25) is 0 Å². The van der Waals surface area contributed by atoms with Gasteiger partial charge in [-0.1, -0.05) is 19.4 Å². The van der Waals surface area contributed by atoms with Crippen molar-refractivity contribution in [2.45, 2.75) is 33.6 Å². The molecule has 0 fully saturated rings. The lowest BCUT2D eigenvalue weighted by Gasteiger charge is -2.11. The fourth-order valence-corrected chi connectivity index (χ4v) is 1.90. The molecule has 0 saturated heterocycles. The van der Waals surface area contributed by atoms with E-state index >= 15 is 0 Å². The Labute approximate surface area is 113 Å². The molecule has 0 aliphatic rings.